The Hall–Kier alpha value is -4.52. The third kappa shape index (κ3) is 7.96. The van der Waals surface area contributed by atoms with Crippen LogP contribution in [0.1, 0.15) is 36.8 Å². The van der Waals surface area contributed by atoms with Gasteiger partial charge in [-0.25, -0.2) is 0 Å². The second-order valence-corrected chi connectivity index (χ2v) is 11.9. The van der Waals surface area contributed by atoms with Crippen molar-refractivity contribution in [1.29, 1.82) is 0 Å². The van der Waals surface area contributed by atoms with Gasteiger partial charge >= 0.3 is 5.97 Å². The number of rotatable bonds is 10. The summed E-state index contributed by atoms with van der Waals surface area (Å²) in [5, 5.41) is 11.0. The van der Waals surface area contributed by atoms with Gasteiger partial charge in [-0.1, -0.05) is 6.07 Å². The van der Waals surface area contributed by atoms with Crippen LogP contribution in [0.5, 0.6) is 0 Å². The van der Waals surface area contributed by atoms with E-state index in [1.807, 2.05) is 36.1 Å². The van der Waals surface area contributed by atoms with Crippen LogP contribution in [0.15, 0.2) is 42.9 Å². The number of nitrogens with one attached hydrogen (secondary N) is 2. The minimum atomic E-state index is -0.842. The SMILES string of the molecule is COC(=O)CC(=O)N1CCC(CC(NC(=O)C(N)Cc2cc(C)c3[nH]ncc3c2)C(=O)N2CCN(c3ccncc3)CC2)CC1. The molecule has 3 aromatic rings. The number of nitrogens with zero attached hydrogens (tertiary/aromatic N) is 5. The zero-order valence-corrected chi connectivity index (χ0v) is 25.9. The zero-order valence-electron chi connectivity index (χ0n) is 25.9. The first kappa shape index (κ1) is 31.9. The van der Waals surface area contributed by atoms with Crippen LogP contribution < -0.4 is 16.0 Å². The van der Waals surface area contributed by atoms with E-state index < -0.39 is 18.1 Å². The Kier molecular flexibility index (Phi) is 10.3. The van der Waals surface area contributed by atoms with Crippen LogP contribution in [0.3, 0.4) is 0 Å². The number of methoxy groups -OCH3 is 1. The van der Waals surface area contributed by atoms with E-state index in [2.05, 4.69) is 30.1 Å². The molecule has 240 valence electrons. The smallest absolute Gasteiger partial charge is 0.315 e. The number of amides is 3. The molecule has 2 saturated heterocycles. The van der Waals surface area contributed by atoms with Gasteiger partial charge in [0.15, 0.2) is 0 Å². The molecule has 13 heteroatoms. The van der Waals surface area contributed by atoms with Crippen molar-refractivity contribution in [3.05, 3.63) is 54.0 Å². The van der Waals surface area contributed by atoms with Crippen LogP contribution >= 0.6 is 0 Å². The Morgan fingerprint density at radius 1 is 1.04 bits per heavy atom. The second kappa shape index (κ2) is 14.5. The lowest BCUT2D eigenvalue weighted by molar-refractivity contribution is -0.147. The Balaban J connectivity index is 1.23. The fraction of sp³-hybridized carbons (Fsp3) is 0.500. The van der Waals surface area contributed by atoms with Crippen molar-refractivity contribution in [2.24, 2.45) is 11.7 Å². The highest BCUT2D eigenvalue weighted by molar-refractivity contribution is 5.94. The molecule has 3 amide bonds. The van der Waals surface area contributed by atoms with E-state index in [1.54, 1.807) is 23.5 Å². The molecule has 1 aromatic carbocycles. The van der Waals surface area contributed by atoms with Crippen molar-refractivity contribution in [2.45, 2.75) is 51.1 Å². The highest BCUT2D eigenvalue weighted by Crippen LogP contribution is 2.25. The van der Waals surface area contributed by atoms with Gasteiger partial charge in [-0.2, -0.15) is 5.10 Å². The summed E-state index contributed by atoms with van der Waals surface area (Å²) in [5.41, 5.74) is 10.4. The predicted octanol–water partition coefficient (Wildman–Crippen LogP) is 1.16. The number of H-pyrrole nitrogens is 1. The fourth-order valence-electron chi connectivity index (χ4n) is 6.30. The number of likely N-dealkylation sites (tertiary alicyclic amines) is 1. The Labute approximate surface area is 262 Å². The maximum Gasteiger partial charge on any atom is 0.315 e. The molecule has 2 atom stereocenters. The molecule has 0 bridgehead atoms. The second-order valence-electron chi connectivity index (χ2n) is 11.9. The van der Waals surface area contributed by atoms with Crippen molar-refractivity contribution < 1.29 is 23.9 Å². The van der Waals surface area contributed by atoms with E-state index >= 15 is 0 Å². The summed E-state index contributed by atoms with van der Waals surface area (Å²) < 4.78 is 4.63. The first-order chi connectivity index (χ1) is 21.7. The van der Waals surface area contributed by atoms with Crippen molar-refractivity contribution in [1.82, 2.24) is 30.3 Å². The number of hydrogen-bond acceptors (Lipinski definition) is 9. The lowest BCUT2D eigenvalue weighted by Crippen LogP contribution is -2.57. The summed E-state index contributed by atoms with van der Waals surface area (Å²) in [6.07, 6.45) is 7.07. The zero-order chi connectivity index (χ0) is 31.9. The van der Waals surface area contributed by atoms with Crippen LogP contribution in [0.25, 0.3) is 10.9 Å². The summed E-state index contributed by atoms with van der Waals surface area (Å²) in [5.74, 6) is -1.20. The molecule has 0 saturated carbocycles. The normalized spacial score (nSPS) is 17.2. The van der Waals surface area contributed by atoms with Crippen molar-refractivity contribution in [3.63, 3.8) is 0 Å². The fourth-order valence-corrected chi connectivity index (χ4v) is 6.30. The molecule has 4 N–H and O–H groups in total. The maximum atomic E-state index is 13.9. The molecular weight excluding hydrogens is 576 g/mol. The van der Waals surface area contributed by atoms with Crippen LogP contribution in [0, 0.1) is 12.8 Å². The first-order valence-electron chi connectivity index (χ1n) is 15.5. The molecule has 2 aliphatic heterocycles. The number of ether oxygens (including phenoxy) is 1. The number of aromatic nitrogens is 3. The molecular formula is C32H42N8O5. The lowest BCUT2D eigenvalue weighted by Gasteiger charge is -2.39. The summed E-state index contributed by atoms with van der Waals surface area (Å²) in [4.78, 5) is 61.2. The van der Waals surface area contributed by atoms with Gasteiger partial charge in [0.2, 0.25) is 17.7 Å². The van der Waals surface area contributed by atoms with Crippen LogP contribution in [0.4, 0.5) is 5.69 Å². The molecule has 5 rings (SSSR count). The van der Waals surface area contributed by atoms with E-state index in [0.29, 0.717) is 65.0 Å². The highest BCUT2D eigenvalue weighted by Gasteiger charge is 2.34. The van der Waals surface area contributed by atoms with Gasteiger partial charge in [-0.05, 0) is 67.9 Å². The molecule has 0 spiro atoms. The lowest BCUT2D eigenvalue weighted by atomic mass is 9.89. The van der Waals surface area contributed by atoms with Crippen molar-refractivity contribution >= 4 is 40.3 Å². The van der Waals surface area contributed by atoms with E-state index in [0.717, 1.165) is 27.7 Å². The number of carbonyl (C=O) groups is 4. The number of piperidine rings is 1. The van der Waals surface area contributed by atoms with Gasteiger partial charge in [0, 0.05) is 62.7 Å². The number of aryl methyl sites for hydroxylation is 1. The minimum Gasteiger partial charge on any atom is -0.469 e. The van der Waals surface area contributed by atoms with Gasteiger partial charge in [0.25, 0.3) is 0 Å². The number of esters is 1. The van der Waals surface area contributed by atoms with Crippen LogP contribution in [-0.2, 0) is 30.3 Å². The quantitative estimate of drug-likeness (QED) is 0.223. The van der Waals surface area contributed by atoms with Crippen molar-refractivity contribution in [3.8, 4) is 0 Å². The first-order valence-corrected chi connectivity index (χ1v) is 15.5. The third-order valence-electron chi connectivity index (χ3n) is 8.89. The molecule has 2 aliphatic rings. The average Bonchev–Trinajstić information content (AvgIpc) is 3.54. The van der Waals surface area contributed by atoms with E-state index in [4.69, 9.17) is 5.73 Å². The topological polar surface area (TPSA) is 167 Å². The number of nitrogens with two attached hydrogens (primary N) is 1. The molecule has 0 aliphatic carbocycles. The van der Waals surface area contributed by atoms with Gasteiger partial charge in [-0.3, -0.25) is 29.3 Å². The number of piperazine rings is 1. The Morgan fingerprint density at radius 2 is 1.76 bits per heavy atom. The van der Waals surface area contributed by atoms with Gasteiger partial charge in [-0.15, -0.1) is 0 Å². The van der Waals surface area contributed by atoms with E-state index in [-0.39, 0.29) is 30.1 Å². The molecule has 4 heterocycles. The third-order valence-corrected chi connectivity index (χ3v) is 8.89. The number of hydrogen-bond donors (Lipinski definition) is 3. The number of fused-ring (bicyclic) bond motifs is 1. The largest absolute Gasteiger partial charge is 0.469 e. The number of pyridine rings is 1. The minimum absolute atomic E-state index is 0.113. The van der Waals surface area contributed by atoms with E-state index in [9.17, 15) is 19.2 Å². The monoisotopic (exact) mass is 618 g/mol. The highest BCUT2D eigenvalue weighted by atomic mass is 16.5. The van der Waals surface area contributed by atoms with Crippen LogP contribution in [-0.4, -0.2) is 107 Å². The number of carbonyl (C=O) groups excluding carboxylic acids is 4. The average molecular weight is 619 g/mol. The number of anilines is 1. The molecule has 2 unspecified atom stereocenters. The molecule has 45 heavy (non-hydrogen) atoms. The number of aromatic amines is 1. The maximum absolute atomic E-state index is 13.9. The van der Waals surface area contributed by atoms with Gasteiger partial charge in [0.1, 0.15) is 12.5 Å². The Bertz CT molecular complexity index is 1500. The summed E-state index contributed by atoms with van der Waals surface area (Å²) in [6.45, 7) is 5.35. The predicted molar refractivity (Wildman–Crippen MR) is 168 cm³/mol. The van der Waals surface area contributed by atoms with Crippen LogP contribution in [0.2, 0.25) is 0 Å². The molecule has 13 nitrogen and oxygen atoms in total. The standard InChI is InChI=1S/C32H42N8O5/c1-21-15-23(16-24-20-35-37-30(21)24)17-26(33)31(43)36-27(18-22-5-9-39(10-6-22)28(41)19-29(42)45-2)32(44)40-13-11-38(12-14-40)25-3-7-34-8-4-25/h3-4,7-8,15-16,20,22,26-27H,5-6,9-14,17-19,33H2,1-2H3,(H,35,37)(H,36,43). The summed E-state index contributed by atoms with van der Waals surface area (Å²) >= 11 is 0. The molecule has 2 aromatic heterocycles. The van der Waals surface area contributed by atoms with E-state index in [1.165, 1.54) is 7.11 Å². The molecule has 0 radical (unpaired) electrons. The number of benzene rings is 1. The summed E-state index contributed by atoms with van der Waals surface area (Å²) in [7, 11) is 1.26. The van der Waals surface area contributed by atoms with Gasteiger partial charge < -0.3 is 30.5 Å². The molecule has 2 fully saturated rings. The van der Waals surface area contributed by atoms with Gasteiger partial charge in [0.05, 0.1) is 24.9 Å². The Morgan fingerprint density at radius 3 is 2.44 bits per heavy atom. The van der Waals surface area contributed by atoms with Crippen molar-refractivity contribution in [2.75, 3.05) is 51.3 Å². The summed E-state index contributed by atoms with van der Waals surface area (Å²) in [6, 6.07) is 6.29.